The highest BCUT2D eigenvalue weighted by Gasteiger charge is 2.40. The molecule has 0 spiro atoms. The van der Waals surface area contributed by atoms with Crippen LogP contribution in [0, 0.1) is 0 Å². The summed E-state index contributed by atoms with van der Waals surface area (Å²) in [6, 6.07) is 13.8. The summed E-state index contributed by atoms with van der Waals surface area (Å²) in [4.78, 5) is 39.1. The van der Waals surface area contributed by atoms with Gasteiger partial charge in [0.2, 0.25) is 0 Å². The van der Waals surface area contributed by atoms with Crippen molar-refractivity contribution in [3.63, 3.8) is 0 Å². The van der Waals surface area contributed by atoms with Gasteiger partial charge in [-0.1, -0.05) is 56.6 Å². The van der Waals surface area contributed by atoms with Crippen LogP contribution in [0.15, 0.2) is 59.3 Å². The number of rotatable bonds is 7. The molecule has 6 nitrogen and oxygen atoms in total. The standard InChI is InChI=1S/C23H23ClN2O4/c1-4-13-30-23(29)17-7-5-6-8-18(17)26-21(27)19(24)20(22(26)28)25-16-11-9-15(10-12-16)14(2)3/h5-12,14,25H,4,13H2,1-3H3. The highest BCUT2D eigenvalue weighted by Crippen LogP contribution is 2.32. The number of carbonyl (C=O) groups excluding carboxylic acids is 3. The number of nitrogens with one attached hydrogen (secondary N) is 1. The van der Waals surface area contributed by atoms with Crippen LogP contribution in [0.25, 0.3) is 0 Å². The highest BCUT2D eigenvalue weighted by atomic mass is 35.5. The summed E-state index contributed by atoms with van der Waals surface area (Å²) < 4.78 is 5.18. The fourth-order valence-electron chi connectivity index (χ4n) is 3.04. The molecule has 2 aromatic rings. The number of anilines is 2. The van der Waals surface area contributed by atoms with Crippen LogP contribution in [-0.2, 0) is 14.3 Å². The number of hydrogen-bond acceptors (Lipinski definition) is 5. The minimum Gasteiger partial charge on any atom is -0.462 e. The third kappa shape index (κ3) is 4.24. The van der Waals surface area contributed by atoms with Crippen LogP contribution in [0.5, 0.6) is 0 Å². The Kier molecular flexibility index (Phi) is 6.57. The fraction of sp³-hybridized carbons (Fsp3) is 0.261. The van der Waals surface area contributed by atoms with E-state index in [4.69, 9.17) is 16.3 Å². The van der Waals surface area contributed by atoms with Gasteiger partial charge in [-0.15, -0.1) is 0 Å². The van der Waals surface area contributed by atoms with Gasteiger partial charge in [-0.25, -0.2) is 9.69 Å². The van der Waals surface area contributed by atoms with Gasteiger partial charge in [0.15, 0.2) is 0 Å². The van der Waals surface area contributed by atoms with Crippen molar-refractivity contribution in [1.82, 2.24) is 0 Å². The molecule has 1 heterocycles. The molecule has 3 rings (SSSR count). The molecule has 0 fully saturated rings. The average Bonchev–Trinajstić information content (AvgIpc) is 2.95. The van der Waals surface area contributed by atoms with Crippen molar-refractivity contribution in [2.75, 3.05) is 16.8 Å². The van der Waals surface area contributed by atoms with E-state index < -0.39 is 17.8 Å². The Hall–Kier alpha value is -3.12. The molecule has 0 unspecified atom stereocenters. The van der Waals surface area contributed by atoms with Crippen LogP contribution in [0.2, 0.25) is 0 Å². The third-order valence-corrected chi connectivity index (χ3v) is 5.03. The maximum Gasteiger partial charge on any atom is 0.340 e. The number of benzene rings is 2. The Morgan fingerprint density at radius 3 is 2.37 bits per heavy atom. The second-order valence-electron chi connectivity index (χ2n) is 7.19. The number of imide groups is 1. The molecule has 0 bridgehead atoms. The van der Waals surface area contributed by atoms with E-state index in [0.29, 0.717) is 18.0 Å². The highest BCUT2D eigenvalue weighted by molar-refractivity contribution is 6.53. The minimum absolute atomic E-state index is 0.0318. The van der Waals surface area contributed by atoms with Gasteiger partial charge in [0.1, 0.15) is 10.7 Å². The number of halogens is 1. The molecule has 0 saturated heterocycles. The maximum absolute atomic E-state index is 13.0. The molecule has 0 aromatic heterocycles. The van der Waals surface area contributed by atoms with Crippen molar-refractivity contribution < 1.29 is 19.1 Å². The van der Waals surface area contributed by atoms with E-state index >= 15 is 0 Å². The zero-order valence-corrected chi connectivity index (χ0v) is 17.8. The number of carbonyl (C=O) groups is 3. The predicted octanol–water partition coefficient (Wildman–Crippen LogP) is 4.81. The van der Waals surface area contributed by atoms with Crippen LogP contribution >= 0.6 is 11.6 Å². The Labute approximate surface area is 180 Å². The zero-order chi connectivity index (χ0) is 21.8. The van der Waals surface area contributed by atoms with Crippen molar-refractivity contribution in [1.29, 1.82) is 0 Å². The van der Waals surface area contributed by atoms with Gasteiger partial charge < -0.3 is 10.1 Å². The molecule has 1 aliphatic heterocycles. The number of ether oxygens (including phenoxy) is 1. The first kappa shape index (κ1) is 21.6. The number of para-hydroxylation sites is 1. The minimum atomic E-state index is -0.696. The molecular weight excluding hydrogens is 404 g/mol. The lowest BCUT2D eigenvalue weighted by atomic mass is 10.0. The average molecular weight is 427 g/mol. The topological polar surface area (TPSA) is 75.7 Å². The summed E-state index contributed by atoms with van der Waals surface area (Å²) in [6.07, 6.45) is 0.659. The number of esters is 1. The Balaban J connectivity index is 1.88. The second-order valence-corrected chi connectivity index (χ2v) is 7.57. The van der Waals surface area contributed by atoms with E-state index in [-0.39, 0.29) is 28.6 Å². The lowest BCUT2D eigenvalue weighted by Crippen LogP contribution is -2.33. The van der Waals surface area contributed by atoms with Gasteiger partial charge in [-0.3, -0.25) is 9.59 Å². The van der Waals surface area contributed by atoms with E-state index in [2.05, 4.69) is 19.2 Å². The van der Waals surface area contributed by atoms with E-state index in [9.17, 15) is 14.4 Å². The molecule has 156 valence electrons. The van der Waals surface area contributed by atoms with Gasteiger partial charge in [0.05, 0.1) is 17.9 Å². The molecule has 1 N–H and O–H groups in total. The molecule has 2 aromatic carbocycles. The van der Waals surface area contributed by atoms with Crippen molar-refractivity contribution in [2.24, 2.45) is 0 Å². The quantitative estimate of drug-likeness (QED) is 0.507. The van der Waals surface area contributed by atoms with E-state index in [1.165, 1.54) is 12.1 Å². The molecule has 2 amide bonds. The van der Waals surface area contributed by atoms with Crippen molar-refractivity contribution in [3.05, 3.63) is 70.4 Å². The van der Waals surface area contributed by atoms with Crippen LogP contribution < -0.4 is 10.2 Å². The first-order chi connectivity index (χ1) is 14.3. The summed E-state index contributed by atoms with van der Waals surface area (Å²) in [5, 5.41) is 2.71. The third-order valence-electron chi connectivity index (χ3n) is 4.68. The fourth-order valence-corrected chi connectivity index (χ4v) is 3.25. The van der Waals surface area contributed by atoms with Gasteiger partial charge in [-0.05, 0) is 42.2 Å². The van der Waals surface area contributed by atoms with Crippen molar-refractivity contribution >= 4 is 40.8 Å². The van der Waals surface area contributed by atoms with Gasteiger partial charge in [0.25, 0.3) is 11.8 Å². The van der Waals surface area contributed by atoms with Crippen molar-refractivity contribution in [3.8, 4) is 0 Å². The number of amides is 2. The lowest BCUT2D eigenvalue weighted by Gasteiger charge is -2.18. The van der Waals surface area contributed by atoms with E-state index in [0.717, 1.165) is 10.5 Å². The maximum atomic E-state index is 13.0. The Morgan fingerprint density at radius 1 is 1.07 bits per heavy atom. The second kappa shape index (κ2) is 9.13. The summed E-state index contributed by atoms with van der Waals surface area (Å²) in [6.45, 7) is 6.29. The zero-order valence-electron chi connectivity index (χ0n) is 17.1. The Morgan fingerprint density at radius 2 is 1.73 bits per heavy atom. The van der Waals surface area contributed by atoms with Gasteiger partial charge in [0, 0.05) is 5.69 Å². The smallest absolute Gasteiger partial charge is 0.340 e. The lowest BCUT2D eigenvalue weighted by molar-refractivity contribution is -0.120. The molecule has 0 radical (unpaired) electrons. The van der Waals surface area contributed by atoms with Crippen molar-refractivity contribution in [2.45, 2.75) is 33.1 Å². The number of nitrogens with zero attached hydrogens (tertiary/aromatic N) is 1. The first-order valence-corrected chi connectivity index (χ1v) is 10.1. The molecule has 0 aliphatic carbocycles. The van der Waals surface area contributed by atoms with Crippen LogP contribution in [0.3, 0.4) is 0 Å². The molecule has 1 aliphatic rings. The molecule has 0 saturated carbocycles. The monoisotopic (exact) mass is 426 g/mol. The summed E-state index contributed by atoms with van der Waals surface area (Å²) in [5.74, 6) is -1.56. The van der Waals surface area contributed by atoms with Gasteiger partial charge in [-0.2, -0.15) is 0 Å². The largest absolute Gasteiger partial charge is 0.462 e. The molecule has 30 heavy (non-hydrogen) atoms. The molecule has 7 heteroatoms. The van der Waals surface area contributed by atoms with E-state index in [1.54, 1.807) is 12.1 Å². The summed E-state index contributed by atoms with van der Waals surface area (Å²) in [7, 11) is 0. The first-order valence-electron chi connectivity index (χ1n) is 9.76. The normalized spacial score (nSPS) is 14.0. The predicted molar refractivity (Wildman–Crippen MR) is 117 cm³/mol. The molecular formula is C23H23ClN2O4. The SMILES string of the molecule is CCCOC(=O)c1ccccc1N1C(=O)C(Cl)=C(Nc2ccc(C(C)C)cc2)C1=O. The summed E-state index contributed by atoms with van der Waals surface area (Å²) >= 11 is 6.20. The van der Waals surface area contributed by atoms with Gasteiger partial charge >= 0.3 is 5.97 Å². The molecule has 0 atom stereocenters. The van der Waals surface area contributed by atoms with Crippen LogP contribution in [0.1, 0.15) is 49.0 Å². The number of hydrogen-bond donors (Lipinski definition) is 1. The van der Waals surface area contributed by atoms with E-state index in [1.807, 2.05) is 31.2 Å². The Bertz CT molecular complexity index is 1010. The van der Waals surface area contributed by atoms with Crippen LogP contribution in [-0.4, -0.2) is 24.4 Å². The summed E-state index contributed by atoms with van der Waals surface area (Å²) in [5.41, 5.74) is 2.01. The van der Waals surface area contributed by atoms with Crippen LogP contribution in [0.4, 0.5) is 11.4 Å².